The molecule has 86 valence electrons. The second-order valence-corrected chi connectivity index (χ2v) is 4.77. The van der Waals surface area contributed by atoms with Crippen LogP contribution in [-0.4, -0.2) is 5.91 Å². The van der Waals surface area contributed by atoms with Crippen LogP contribution in [0.4, 0.5) is 0 Å². The van der Waals surface area contributed by atoms with Crippen LogP contribution < -0.4 is 5.73 Å². The van der Waals surface area contributed by atoms with Crippen LogP contribution in [0.5, 0.6) is 0 Å². The normalized spacial score (nSPS) is 13.9. The summed E-state index contributed by atoms with van der Waals surface area (Å²) in [5.41, 5.74) is 5.51. The number of hydrogen-bond donors (Lipinski definition) is 1. The van der Waals surface area contributed by atoms with Gasteiger partial charge in [0.05, 0.1) is 5.41 Å². The number of rotatable bonds is 4. The molecule has 0 saturated carbocycles. The summed E-state index contributed by atoms with van der Waals surface area (Å²) in [6, 6.07) is 9.34. The fourth-order valence-electron chi connectivity index (χ4n) is 1.45. The molecule has 1 atom stereocenters. The highest BCUT2D eigenvalue weighted by Crippen LogP contribution is 2.29. The number of hydrogen-bond acceptors (Lipinski definition) is 1. The number of benzene rings is 1. The molecule has 0 aromatic heterocycles. The summed E-state index contributed by atoms with van der Waals surface area (Å²) < 4.78 is 0.142. The van der Waals surface area contributed by atoms with Crippen LogP contribution in [0.1, 0.15) is 18.9 Å². The SMILES string of the molecule is CC(CC=C(Cl)Cl)(C(N)=O)c1ccccc1. The summed E-state index contributed by atoms with van der Waals surface area (Å²) in [6.07, 6.45) is 1.97. The van der Waals surface area contributed by atoms with Crippen molar-refractivity contribution in [3.63, 3.8) is 0 Å². The Hall–Kier alpha value is -0.990. The monoisotopic (exact) mass is 257 g/mol. The number of allylic oxidation sites excluding steroid dienone is 1. The van der Waals surface area contributed by atoms with Gasteiger partial charge in [0.2, 0.25) is 5.91 Å². The van der Waals surface area contributed by atoms with Gasteiger partial charge in [0.1, 0.15) is 4.49 Å². The Morgan fingerprint density at radius 3 is 2.38 bits per heavy atom. The standard InChI is InChI=1S/C12H13Cl2NO/c1-12(11(15)16,8-7-10(13)14)9-5-3-2-4-6-9/h2-7H,8H2,1H3,(H2,15,16). The molecular formula is C12H13Cl2NO. The first kappa shape index (κ1) is 13.1. The highest BCUT2D eigenvalue weighted by atomic mass is 35.5. The Bertz CT molecular complexity index is 399. The number of halogens is 2. The lowest BCUT2D eigenvalue weighted by atomic mass is 9.79. The van der Waals surface area contributed by atoms with Crippen LogP contribution in [0.3, 0.4) is 0 Å². The first-order valence-electron chi connectivity index (χ1n) is 4.83. The Morgan fingerprint density at radius 1 is 1.38 bits per heavy atom. The molecule has 0 radical (unpaired) electrons. The van der Waals surface area contributed by atoms with E-state index in [1.165, 1.54) is 0 Å². The number of carbonyl (C=O) groups is 1. The molecule has 0 aliphatic heterocycles. The molecule has 1 rings (SSSR count). The predicted molar refractivity (Wildman–Crippen MR) is 67.4 cm³/mol. The van der Waals surface area contributed by atoms with Crippen molar-refractivity contribution in [2.24, 2.45) is 5.73 Å². The van der Waals surface area contributed by atoms with Crippen LogP contribution >= 0.6 is 23.2 Å². The predicted octanol–water partition coefficient (Wildman–Crippen LogP) is 3.14. The third-order valence-corrected chi connectivity index (χ3v) is 2.93. The van der Waals surface area contributed by atoms with Crippen molar-refractivity contribution in [1.29, 1.82) is 0 Å². The van der Waals surface area contributed by atoms with Crippen LogP contribution in [0.25, 0.3) is 0 Å². The van der Waals surface area contributed by atoms with Crippen molar-refractivity contribution < 1.29 is 4.79 Å². The fraction of sp³-hybridized carbons (Fsp3) is 0.250. The molecular weight excluding hydrogens is 245 g/mol. The van der Waals surface area contributed by atoms with Crippen molar-refractivity contribution in [3.05, 3.63) is 46.5 Å². The van der Waals surface area contributed by atoms with E-state index in [1.807, 2.05) is 30.3 Å². The summed E-state index contributed by atoms with van der Waals surface area (Å²) in [7, 11) is 0. The largest absolute Gasteiger partial charge is 0.369 e. The van der Waals surface area contributed by atoms with Crippen LogP contribution in [0.15, 0.2) is 40.9 Å². The second kappa shape index (κ2) is 5.37. The maximum Gasteiger partial charge on any atom is 0.228 e. The van der Waals surface area contributed by atoms with Gasteiger partial charge >= 0.3 is 0 Å². The molecule has 0 heterocycles. The van der Waals surface area contributed by atoms with Crippen molar-refractivity contribution in [3.8, 4) is 0 Å². The maximum absolute atomic E-state index is 11.5. The van der Waals surface area contributed by atoms with Gasteiger partial charge in [0.25, 0.3) is 0 Å². The minimum atomic E-state index is -0.781. The van der Waals surface area contributed by atoms with E-state index in [0.717, 1.165) is 5.56 Å². The third kappa shape index (κ3) is 3.00. The van der Waals surface area contributed by atoms with E-state index in [4.69, 9.17) is 28.9 Å². The molecule has 1 aromatic carbocycles. The van der Waals surface area contributed by atoms with Crippen LogP contribution in [0, 0.1) is 0 Å². The van der Waals surface area contributed by atoms with Crippen LogP contribution in [-0.2, 0) is 10.2 Å². The highest BCUT2D eigenvalue weighted by molar-refractivity contribution is 6.55. The topological polar surface area (TPSA) is 43.1 Å². The third-order valence-electron chi connectivity index (χ3n) is 2.62. The van der Waals surface area contributed by atoms with Gasteiger partial charge in [-0.3, -0.25) is 4.79 Å². The van der Waals surface area contributed by atoms with E-state index in [9.17, 15) is 4.79 Å². The highest BCUT2D eigenvalue weighted by Gasteiger charge is 2.31. The molecule has 16 heavy (non-hydrogen) atoms. The Labute approximate surface area is 105 Å². The average Bonchev–Trinajstić information content (AvgIpc) is 2.26. The van der Waals surface area contributed by atoms with Gasteiger partial charge in [-0.1, -0.05) is 59.6 Å². The number of nitrogens with two attached hydrogens (primary N) is 1. The van der Waals surface area contributed by atoms with E-state index in [0.29, 0.717) is 6.42 Å². The minimum Gasteiger partial charge on any atom is -0.369 e. The fourth-order valence-corrected chi connectivity index (χ4v) is 1.60. The molecule has 2 N–H and O–H groups in total. The lowest BCUT2D eigenvalue weighted by Gasteiger charge is -2.25. The number of amides is 1. The molecule has 0 spiro atoms. The quantitative estimate of drug-likeness (QED) is 0.885. The zero-order valence-corrected chi connectivity index (χ0v) is 10.4. The molecule has 0 fully saturated rings. The van der Waals surface area contributed by atoms with E-state index in [-0.39, 0.29) is 4.49 Å². The van der Waals surface area contributed by atoms with E-state index in [1.54, 1.807) is 13.0 Å². The molecule has 4 heteroatoms. The van der Waals surface area contributed by atoms with Crippen molar-refractivity contribution >= 4 is 29.1 Å². The summed E-state index contributed by atoms with van der Waals surface area (Å²) in [5.74, 6) is -0.399. The van der Waals surface area contributed by atoms with Crippen molar-refractivity contribution in [1.82, 2.24) is 0 Å². The molecule has 1 aromatic rings. The van der Waals surface area contributed by atoms with Gasteiger partial charge in [-0.25, -0.2) is 0 Å². The molecule has 1 unspecified atom stereocenters. The summed E-state index contributed by atoms with van der Waals surface area (Å²) in [6.45, 7) is 1.78. The lowest BCUT2D eigenvalue weighted by Crippen LogP contribution is -2.38. The first-order valence-corrected chi connectivity index (χ1v) is 5.59. The minimum absolute atomic E-state index is 0.142. The maximum atomic E-state index is 11.5. The van der Waals surface area contributed by atoms with Gasteiger partial charge < -0.3 is 5.73 Å². The van der Waals surface area contributed by atoms with Gasteiger partial charge in [-0.2, -0.15) is 0 Å². The van der Waals surface area contributed by atoms with Crippen LogP contribution in [0.2, 0.25) is 0 Å². The average molecular weight is 258 g/mol. The summed E-state index contributed by atoms with van der Waals surface area (Å²) in [4.78, 5) is 11.5. The Morgan fingerprint density at radius 2 is 1.94 bits per heavy atom. The van der Waals surface area contributed by atoms with Gasteiger partial charge in [-0.15, -0.1) is 0 Å². The molecule has 1 amide bonds. The molecule has 0 bridgehead atoms. The van der Waals surface area contributed by atoms with Gasteiger partial charge in [-0.05, 0) is 18.9 Å². The zero-order valence-electron chi connectivity index (χ0n) is 8.91. The lowest BCUT2D eigenvalue weighted by molar-refractivity contribution is -0.122. The second-order valence-electron chi connectivity index (χ2n) is 3.76. The summed E-state index contributed by atoms with van der Waals surface area (Å²) >= 11 is 11.1. The molecule has 0 saturated heterocycles. The van der Waals surface area contributed by atoms with Crippen molar-refractivity contribution in [2.75, 3.05) is 0 Å². The first-order chi connectivity index (χ1) is 7.47. The smallest absolute Gasteiger partial charge is 0.228 e. The number of primary amides is 1. The van der Waals surface area contributed by atoms with E-state index in [2.05, 4.69) is 0 Å². The summed E-state index contributed by atoms with van der Waals surface area (Å²) in [5, 5.41) is 0. The van der Waals surface area contributed by atoms with E-state index >= 15 is 0 Å². The molecule has 0 aliphatic rings. The zero-order chi connectivity index (χ0) is 12.2. The molecule has 0 aliphatic carbocycles. The van der Waals surface area contributed by atoms with Gasteiger partial charge in [0, 0.05) is 0 Å². The number of carbonyl (C=O) groups excluding carboxylic acids is 1. The van der Waals surface area contributed by atoms with Gasteiger partial charge in [0.15, 0.2) is 0 Å². The Balaban J connectivity index is 3.07. The van der Waals surface area contributed by atoms with E-state index < -0.39 is 11.3 Å². The Kier molecular flexibility index (Phi) is 4.39. The van der Waals surface area contributed by atoms with Crippen molar-refractivity contribution in [2.45, 2.75) is 18.8 Å². The molecule has 2 nitrogen and oxygen atoms in total.